The monoisotopic (exact) mass is 437 g/mol. The van der Waals surface area contributed by atoms with Crippen molar-refractivity contribution in [3.8, 4) is 0 Å². The highest BCUT2D eigenvalue weighted by molar-refractivity contribution is 9.10. The van der Waals surface area contributed by atoms with Crippen LogP contribution in [0.1, 0.15) is 12.5 Å². The van der Waals surface area contributed by atoms with Crippen molar-refractivity contribution in [2.24, 2.45) is 5.10 Å². The van der Waals surface area contributed by atoms with Crippen molar-refractivity contribution in [1.82, 2.24) is 5.43 Å². The number of halogens is 2. The van der Waals surface area contributed by atoms with Crippen molar-refractivity contribution in [2.75, 3.05) is 5.32 Å². The average Bonchev–Trinajstić information content (AvgIpc) is 2.55. The molecule has 0 atom stereocenters. The lowest BCUT2D eigenvalue weighted by Gasteiger charge is -2.05. The Labute approximate surface area is 150 Å². The molecule has 2 rings (SSSR count). The number of benzene rings is 2. The maximum atomic E-state index is 11.8. The van der Waals surface area contributed by atoms with E-state index in [9.17, 15) is 9.59 Å². The van der Waals surface area contributed by atoms with E-state index >= 15 is 0 Å². The highest BCUT2D eigenvalue weighted by Gasteiger charge is 2.13. The summed E-state index contributed by atoms with van der Waals surface area (Å²) in [5, 5.41) is 6.43. The average molecular weight is 439 g/mol. The molecule has 0 saturated carbocycles. The van der Waals surface area contributed by atoms with Crippen LogP contribution in [0.4, 0.5) is 5.69 Å². The summed E-state index contributed by atoms with van der Waals surface area (Å²) in [4.78, 5) is 23.5. The van der Waals surface area contributed by atoms with Crippen LogP contribution in [0.3, 0.4) is 0 Å². The number of nitrogens with one attached hydrogen (secondary N) is 2. The summed E-state index contributed by atoms with van der Waals surface area (Å²) >= 11 is 6.64. The van der Waals surface area contributed by atoms with Crippen LogP contribution >= 0.6 is 31.9 Å². The van der Waals surface area contributed by atoms with Crippen molar-refractivity contribution >= 4 is 55.1 Å². The smallest absolute Gasteiger partial charge is 0.318 e. The third kappa shape index (κ3) is 5.30. The predicted molar refractivity (Wildman–Crippen MR) is 97.3 cm³/mol. The Kier molecular flexibility index (Phi) is 6.06. The van der Waals surface area contributed by atoms with Gasteiger partial charge in [-0.3, -0.25) is 9.59 Å². The number of nitrogens with zero attached hydrogens (tertiary/aromatic N) is 1. The number of amides is 2. The molecule has 23 heavy (non-hydrogen) atoms. The lowest BCUT2D eigenvalue weighted by molar-refractivity contribution is -0.136. The molecule has 0 aliphatic carbocycles. The fraction of sp³-hybridized carbons (Fsp3) is 0.0625. The zero-order chi connectivity index (χ0) is 16.8. The number of carbonyl (C=O) groups is 2. The first-order valence-electron chi connectivity index (χ1n) is 6.63. The van der Waals surface area contributed by atoms with Gasteiger partial charge in [0.2, 0.25) is 0 Å². The molecule has 0 fully saturated rings. The van der Waals surface area contributed by atoms with E-state index in [2.05, 4.69) is 47.7 Å². The van der Waals surface area contributed by atoms with Crippen LogP contribution in [-0.2, 0) is 9.59 Å². The van der Waals surface area contributed by atoms with Gasteiger partial charge in [0, 0.05) is 14.6 Å². The Bertz CT molecular complexity index is 741. The van der Waals surface area contributed by atoms with Gasteiger partial charge in [0.1, 0.15) is 0 Å². The first kappa shape index (κ1) is 17.4. The fourth-order valence-electron chi connectivity index (χ4n) is 1.66. The lowest BCUT2D eigenvalue weighted by atomic mass is 10.1. The highest BCUT2D eigenvalue weighted by atomic mass is 79.9. The minimum Gasteiger partial charge on any atom is -0.318 e. The molecule has 0 radical (unpaired) electrons. The van der Waals surface area contributed by atoms with E-state index in [0.717, 1.165) is 14.5 Å². The molecule has 0 bridgehead atoms. The molecule has 0 aliphatic rings. The van der Waals surface area contributed by atoms with Crippen molar-refractivity contribution in [1.29, 1.82) is 0 Å². The molecule has 0 heterocycles. The molecule has 0 spiro atoms. The van der Waals surface area contributed by atoms with Crippen LogP contribution in [0.15, 0.2) is 62.6 Å². The van der Waals surface area contributed by atoms with E-state index in [1.54, 1.807) is 31.2 Å². The summed E-state index contributed by atoms with van der Waals surface area (Å²) < 4.78 is 1.83. The Morgan fingerprint density at radius 2 is 1.39 bits per heavy atom. The molecular weight excluding hydrogens is 426 g/mol. The van der Waals surface area contributed by atoms with Gasteiger partial charge in [-0.2, -0.15) is 5.10 Å². The number of anilines is 1. The van der Waals surface area contributed by atoms with Gasteiger partial charge in [-0.25, -0.2) is 5.43 Å². The molecule has 0 aromatic heterocycles. The standard InChI is InChI=1S/C16H13Br2N3O2/c1-10(11-2-4-12(17)5-3-11)20-21-16(23)15(22)19-14-8-6-13(18)7-9-14/h2-9H,1H3,(H,19,22)(H,21,23)/b20-10+. The van der Waals surface area contributed by atoms with Gasteiger partial charge in [-0.05, 0) is 48.9 Å². The van der Waals surface area contributed by atoms with Crippen LogP contribution < -0.4 is 10.7 Å². The van der Waals surface area contributed by atoms with E-state index in [4.69, 9.17) is 0 Å². The quantitative estimate of drug-likeness (QED) is 0.435. The molecule has 2 N–H and O–H groups in total. The van der Waals surface area contributed by atoms with Gasteiger partial charge < -0.3 is 5.32 Å². The zero-order valence-corrected chi connectivity index (χ0v) is 15.3. The molecule has 0 saturated heterocycles. The minimum atomic E-state index is -0.829. The second kappa shape index (κ2) is 8.03. The molecule has 0 aliphatic heterocycles. The number of rotatable bonds is 3. The van der Waals surface area contributed by atoms with Gasteiger partial charge in [-0.1, -0.05) is 44.0 Å². The van der Waals surface area contributed by atoms with E-state index in [1.165, 1.54) is 0 Å². The third-order valence-electron chi connectivity index (χ3n) is 2.90. The number of carbonyl (C=O) groups excluding carboxylic acids is 2. The predicted octanol–water partition coefficient (Wildman–Crippen LogP) is 3.69. The maximum absolute atomic E-state index is 11.8. The van der Waals surface area contributed by atoms with Crippen LogP contribution in [-0.4, -0.2) is 17.5 Å². The Balaban J connectivity index is 1.95. The minimum absolute atomic E-state index is 0.530. The van der Waals surface area contributed by atoms with Gasteiger partial charge in [0.25, 0.3) is 0 Å². The first-order valence-corrected chi connectivity index (χ1v) is 8.21. The molecule has 2 aromatic carbocycles. The van der Waals surface area contributed by atoms with Crippen LogP contribution in [0.25, 0.3) is 0 Å². The SMILES string of the molecule is C/C(=N\NC(=O)C(=O)Nc1ccc(Br)cc1)c1ccc(Br)cc1. The number of hydrazone groups is 1. The van der Waals surface area contributed by atoms with Crippen LogP contribution in [0.2, 0.25) is 0 Å². The first-order chi connectivity index (χ1) is 11.0. The number of hydrogen-bond acceptors (Lipinski definition) is 3. The molecule has 2 aromatic rings. The van der Waals surface area contributed by atoms with E-state index in [0.29, 0.717) is 11.4 Å². The van der Waals surface area contributed by atoms with Gasteiger partial charge >= 0.3 is 11.8 Å². The van der Waals surface area contributed by atoms with Crippen molar-refractivity contribution in [3.05, 3.63) is 63.0 Å². The maximum Gasteiger partial charge on any atom is 0.329 e. The summed E-state index contributed by atoms with van der Waals surface area (Å²) in [6.07, 6.45) is 0. The highest BCUT2D eigenvalue weighted by Crippen LogP contribution is 2.14. The Hall–Kier alpha value is -1.99. The summed E-state index contributed by atoms with van der Waals surface area (Å²) in [5.41, 5.74) is 4.22. The molecule has 118 valence electrons. The largest absolute Gasteiger partial charge is 0.329 e. The number of hydrogen-bond donors (Lipinski definition) is 2. The summed E-state index contributed by atoms with van der Waals surface area (Å²) in [5.74, 6) is -1.61. The van der Waals surface area contributed by atoms with E-state index < -0.39 is 11.8 Å². The molecule has 7 heteroatoms. The third-order valence-corrected chi connectivity index (χ3v) is 3.95. The zero-order valence-electron chi connectivity index (χ0n) is 12.1. The lowest BCUT2D eigenvalue weighted by Crippen LogP contribution is -2.32. The van der Waals surface area contributed by atoms with Gasteiger partial charge in [0.15, 0.2) is 0 Å². The van der Waals surface area contributed by atoms with Gasteiger partial charge in [0.05, 0.1) is 5.71 Å². The van der Waals surface area contributed by atoms with Crippen LogP contribution in [0.5, 0.6) is 0 Å². The summed E-state index contributed by atoms with van der Waals surface area (Å²) in [7, 11) is 0. The summed E-state index contributed by atoms with van der Waals surface area (Å²) in [6.45, 7) is 1.75. The topological polar surface area (TPSA) is 70.6 Å². The van der Waals surface area contributed by atoms with Crippen molar-refractivity contribution in [3.63, 3.8) is 0 Å². The van der Waals surface area contributed by atoms with Crippen molar-refractivity contribution in [2.45, 2.75) is 6.92 Å². The normalized spacial score (nSPS) is 11.0. The Morgan fingerprint density at radius 3 is 1.96 bits per heavy atom. The second-order valence-corrected chi connectivity index (χ2v) is 6.44. The Morgan fingerprint density at radius 1 is 0.870 bits per heavy atom. The molecule has 2 amide bonds. The second-order valence-electron chi connectivity index (χ2n) is 4.61. The fourth-order valence-corrected chi connectivity index (χ4v) is 2.19. The van der Waals surface area contributed by atoms with E-state index in [-0.39, 0.29) is 0 Å². The van der Waals surface area contributed by atoms with Crippen molar-refractivity contribution < 1.29 is 9.59 Å². The van der Waals surface area contributed by atoms with E-state index in [1.807, 2.05) is 24.3 Å². The molecule has 0 unspecified atom stereocenters. The van der Waals surface area contributed by atoms with Crippen LogP contribution in [0, 0.1) is 0 Å². The summed E-state index contributed by atoms with van der Waals surface area (Å²) in [6, 6.07) is 14.4. The van der Waals surface area contributed by atoms with Gasteiger partial charge in [-0.15, -0.1) is 0 Å². The molecular formula is C16H13Br2N3O2. The molecule has 5 nitrogen and oxygen atoms in total.